The van der Waals surface area contributed by atoms with E-state index in [9.17, 15) is 9.59 Å². The molecule has 0 saturated heterocycles. The van der Waals surface area contributed by atoms with Crippen LogP contribution in [0.25, 0.3) is 11.1 Å². The molecule has 2 amide bonds. The molecule has 1 aromatic carbocycles. The van der Waals surface area contributed by atoms with Crippen molar-refractivity contribution in [1.82, 2.24) is 10.3 Å². The number of nitrogens with zero attached hydrogens (tertiary/aromatic N) is 1. The molecule has 0 saturated carbocycles. The first-order valence-electron chi connectivity index (χ1n) is 8.71. The summed E-state index contributed by atoms with van der Waals surface area (Å²) >= 11 is 0. The van der Waals surface area contributed by atoms with Crippen LogP contribution < -0.4 is 10.6 Å². The maximum Gasteiger partial charge on any atom is 0.408 e. The van der Waals surface area contributed by atoms with Crippen LogP contribution >= 0.6 is 0 Å². The van der Waals surface area contributed by atoms with E-state index in [2.05, 4.69) is 15.6 Å². The summed E-state index contributed by atoms with van der Waals surface area (Å²) in [5.41, 5.74) is 1.29. The molecule has 0 aliphatic carbocycles. The largest absolute Gasteiger partial charge is 0.444 e. The van der Waals surface area contributed by atoms with E-state index in [0.29, 0.717) is 29.1 Å². The third-order valence-corrected chi connectivity index (χ3v) is 3.48. The fourth-order valence-corrected chi connectivity index (χ4v) is 2.50. The third kappa shape index (κ3) is 5.75. The molecule has 2 N–H and O–H groups in total. The van der Waals surface area contributed by atoms with Gasteiger partial charge in [-0.1, -0.05) is 13.8 Å². The summed E-state index contributed by atoms with van der Waals surface area (Å²) in [6.07, 6.45) is -0.114. The molecule has 1 heterocycles. The number of hydrogen-bond acceptors (Lipinski definition) is 5. The molecule has 7 heteroatoms. The second kappa shape index (κ2) is 7.76. The second-order valence-electron chi connectivity index (χ2n) is 7.73. The molecular formula is C19H27N3O4. The average Bonchev–Trinajstić information content (AvgIpc) is 2.83. The van der Waals surface area contributed by atoms with Gasteiger partial charge in [0, 0.05) is 12.6 Å². The van der Waals surface area contributed by atoms with Gasteiger partial charge in [0.1, 0.15) is 17.2 Å². The van der Waals surface area contributed by atoms with E-state index in [1.165, 1.54) is 0 Å². The molecule has 142 valence electrons. The lowest BCUT2D eigenvalue weighted by Crippen LogP contribution is -2.46. The molecule has 7 nitrogen and oxygen atoms in total. The Morgan fingerprint density at radius 2 is 1.96 bits per heavy atom. The van der Waals surface area contributed by atoms with Gasteiger partial charge in [-0.25, -0.2) is 9.78 Å². The van der Waals surface area contributed by atoms with Gasteiger partial charge in [0.15, 0.2) is 11.5 Å². The van der Waals surface area contributed by atoms with Crippen molar-refractivity contribution >= 4 is 28.8 Å². The number of benzene rings is 1. The first-order chi connectivity index (χ1) is 12.0. The van der Waals surface area contributed by atoms with Crippen LogP contribution in [0.15, 0.2) is 22.6 Å². The summed E-state index contributed by atoms with van der Waals surface area (Å²) in [5, 5.41) is 5.48. The Kier molecular flexibility index (Phi) is 5.90. The van der Waals surface area contributed by atoms with E-state index in [4.69, 9.17) is 9.15 Å². The molecule has 26 heavy (non-hydrogen) atoms. The number of hydrogen-bond donors (Lipinski definition) is 2. The molecular weight excluding hydrogens is 334 g/mol. The Balaban J connectivity index is 2.10. The fourth-order valence-electron chi connectivity index (χ4n) is 2.50. The van der Waals surface area contributed by atoms with Gasteiger partial charge in [0.2, 0.25) is 5.91 Å². The number of carbonyl (C=O) groups excluding carboxylic acids is 2. The van der Waals surface area contributed by atoms with Crippen LogP contribution in [0, 0.1) is 12.8 Å². The summed E-state index contributed by atoms with van der Waals surface area (Å²) in [4.78, 5) is 29.0. The summed E-state index contributed by atoms with van der Waals surface area (Å²) < 4.78 is 10.7. The molecule has 0 fully saturated rings. The van der Waals surface area contributed by atoms with Gasteiger partial charge in [-0.3, -0.25) is 4.79 Å². The highest BCUT2D eigenvalue weighted by atomic mass is 16.6. The number of amides is 2. The van der Waals surface area contributed by atoms with Crippen LogP contribution in [0.2, 0.25) is 0 Å². The molecule has 1 aromatic heterocycles. The van der Waals surface area contributed by atoms with E-state index >= 15 is 0 Å². The first-order valence-corrected chi connectivity index (χ1v) is 8.71. The van der Waals surface area contributed by atoms with Crippen molar-refractivity contribution in [2.24, 2.45) is 5.92 Å². The fraction of sp³-hybridized carbons (Fsp3) is 0.526. The van der Waals surface area contributed by atoms with Crippen LogP contribution in [-0.4, -0.2) is 28.6 Å². The zero-order chi connectivity index (χ0) is 19.5. The normalized spacial score (nSPS) is 12.9. The summed E-state index contributed by atoms with van der Waals surface area (Å²) in [5.74, 6) is 0.484. The summed E-state index contributed by atoms with van der Waals surface area (Å²) in [6, 6.07) is 4.54. The quantitative estimate of drug-likeness (QED) is 0.839. The predicted molar refractivity (Wildman–Crippen MR) is 100.0 cm³/mol. The number of rotatable bonds is 5. The zero-order valence-corrected chi connectivity index (χ0v) is 16.2. The Labute approximate surface area is 153 Å². The molecule has 0 aliphatic heterocycles. The second-order valence-corrected chi connectivity index (χ2v) is 7.73. The van der Waals surface area contributed by atoms with Crippen molar-refractivity contribution in [3.8, 4) is 0 Å². The highest BCUT2D eigenvalue weighted by molar-refractivity contribution is 5.97. The number of aromatic nitrogens is 1. The summed E-state index contributed by atoms with van der Waals surface area (Å²) in [6.45, 7) is 11.1. The minimum absolute atomic E-state index is 0.223. The van der Waals surface area contributed by atoms with Crippen molar-refractivity contribution in [1.29, 1.82) is 0 Å². The first kappa shape index (κ1) is 19.8. The van der Waals surface area contributed by atoms with Gasteiger partial charge in [-0.05, 0) is 51.3 Å². The van der Waals surface area contributed by atoms with E-state index < -0.39 is 17.7 Å². The lowest BCUT2D eigenvalue weighted by atomic mass is 10.0. The number of anilines is 1. The Morgan fingerprint density at radius 3 is 2.58 bits per heavy atom. The lowest BCUT2D eigenvalue weighted by Gasteiger charge is -2.24. The van der Waals surface area contributed by atoms with Gasteiger partial charge in [0.05, 0.1) is 0 Å². The van der Waals surface area contributed by atoms with E-state index in [0.717, 1.165) is 0 Å². The molecule has 1 atom stereocenters. The zero-order valence-electron chi connectivity index (χ0n) is 16.2. The highest BCUT2D eigenvalue weighted by Crippen LogP contribution is 2.20. The van der Waals surface area contributed by atoms with Crippen LogP contribution in [0.1, 0.15) is 46.9 Å². The van der Waals surface area contributed by atoms with Crippen LogP contribution in [0.5, 0.6) is 0 Å². The predicted octanol–water partition coefficient (Wildman–Crippen LogP) is 4.01. The van der Waals surface area contributed by atoms with Gasteiger partial charge < -0.3 is 19.8 Å². The minimum atomic E-state index is -0.695. The van der Waals surface area contributed by atoms with E-state index in [1.807, 2.05) is 13.8 Å². The van der Waals surface area contributed by atoms with Crippen molar-refractivity contribution in [3.63, 3.8) is 0 Å². The van der Waals surface area contributed by atoms with E-state index in [-0.39, 0.29) is 11.8 Å². The number of alkyl carbamates (subject to hydrolysis) is 1. The Morgan fingerprint density at radius 1 is 1.27 bits per heavy atom. The Bertz CT molecular complexity index is 790. The van der Waals surface area contributed by atoms with Crippen molar-refractivity contribution in [2.45, 2.75) is 59.6 Å². The summed E-state index contributed by atoms with van der Waals surface area (Å²) in [7, 11) is 0. The number of aryl methyl sites for hydroxylation is 1. The number of oxazole rings is 1. The molecule has 2 rings (SSSR count). The molecule has 0 aliphatic rings. The molecule has 0 spiro atoms. The minimum Gasteiger partial charge on any atom is -0.444 e. The van der Waals surface area contributed by atoms with Crippen molar-refractivity contribution in [3.05, 3.63) is 24.1 Å². The van der Waals surface area contributed by atoms with Crippen LogP contribution in [0.3, 0.4) is 0 Å². The monoisotopic (exact) mass is 361 g/mol. The van der Waals surface area contributed by atoms with Gasteiger partial charge >= 0.3 is 6.09 Å². The van der Waals surface area contributed by atoms with Crippen molar-refractivity contribution < 1.29 is 18.7 Å². The molecule has 1 unspecified atom stereocenters. The van der Waals surface area contributed by atoms with Crippen molar-refractivity contribution in [2.75, 3.05) is 5.32 Å². The van der Waals surface area contributed by atoms with Crippen LogP contribution in [0.4, 0.5) is 10.5 Å². The van der Waals surface area contributed by atoms with E-state index in [1.54, 1.807) is 45.9 Å². The average molecular weight is 361 g/mol. The van der Waals surface area contributed by atoms with Crippen LogP contribution in [-0.2, 0) is 9.53 Å². The number of nitrogens with one attached hydrogen (secondary N) is 2. The van der Waals surface area contributed by atoms with Gasteiger partial charge in [-0.15, -0.1) is 0 Å². The third-order valence-electron chi connectivity index (χ3n) is 3.48. The topological polar surface area (TPSA) is 93.5 Å². The standard InChI is InChI=1S/C19H27N3O4/c1-11(2)9-15(22-18(24)26-19(4,5)6)17(23)21-13-7-8-16-14(10-13)20-12(3)25-16/h7-8,10-11,15H,9H2,1-6H3,(H,21,23)(H,22,24). The van der Waals surface area contributed by atoms with Gasteiger partial charge in [-0.2, -0.15) is 0 Å². The molecule has 0 bridgehead atoms. The number of ether oxygens (including phenoxy) is 1. The maximum absolute atomic E-state index is 12.7. The maximum atomic E-state index is 12.7. The molecule has 2 aromatic rings. The molecule has 0 radical (unpaired) electrons. The Hall–Kier alpha value is -2.57. The number of fused-ring (bicyclic) bond motifs is 1. The number of carbonyl (C=O) groups is 2. The smallest absolute Gasteiger partial charge is 0.408 e. The van der Waals surface area contributed by atoms with Gasteiger partial charge in [0.25, 0.3) is 0 Å². The SMILES string of the molecule is Cc1nc2cc(NC(=O)C(CC(C)C)NC(=O)OC(C)(C)C)ccc2o1. The highest BCUT2D eigenvalue weighted by Gasteiger charge is 2.25. The lowest BCUT2D eigenvalue weighted by molar-refractivity contribution is -0.118.